The van der Waals surface area contributed by atoms with Crippen molar-refractivity contribution in [3.05, 3.63) is 117 Å². The molecule has 2 aliphatic rings. The highest BCUT2D eigenvalue weighted by Gasteiger charge is 2.42. The maximum Gasteiger partial charge on any atom is 0.261 e. The Kier molecular flexibility index (Phi) is 5.31. The Morgan fingerprint density at radius 1 is 0.447 bits per heavy atom. The second kappa shape index (κ2) is 8.48. The van der Waals surface area contributed by atoms with Gasteiger partial charge in [-0.15, -0.1) is 0 Å². The highest BCUT2D eigenvalue weighted by atomic mass is 16.2. The summed E-state index contributed by atoms with van der Waals surface area (Å²) in [6.45, 7) is 7.61. The fraction of sp³-hybridized carbons (Fsp3) is 0.188. The van der Waals surface area contributed by atoms with Gasteiger partial charge in [-0.05, 0) is 63.1 Å². The first-order chi connectivity index (χ1) is 18.2. The van der Waals surface area contributed by atoms with Crippen molar-refractivity contribution >= 4 is 34.4 Å². The molecule has 0 N–H and O–H groups in total. The minimum Gasteiger partial charge on any atom is -0.269 e. The van der Waals surface area contributed by atoms with Gasteiger partial charge in [0, 0.05) is 33.0 Å². The van der Waals surface area contributed by atoms with Crippen molar-refractivity contribution in [3.8, 4) is 0 Å². The molecule has 0 spiro atoms. The van der Waals surface area contributed by atoms with E-state index in [0.29, 0.717) is 33.0 Å². The van der Waals surface area contributed by atoms with Crippen LogP contribution in [-0.2, 0) is 0 Å². The van der Waals surface area contributed by atoms with Gasteiger partial charge >= 0.3 is 0 Å². The van der Waals surface area contributed by atoms with Gasteiger partial charge in [-0.1, -0.05) is 59.7 Å². The molecule has 0 saturated heterocycles. The van der Waals surface area contributed by atoms with E-state index in [1.165, 1.54) is 9.80 Å². The molecule has 6 rings (SSSR count). The maximum atomic E-state index is 13.7. The molecule has 0 aromatic heterocycles. The summed E-state index contributed by atoms with van der Waals surface area (Å²) in [4.78, 5) is 57.3. The van der Waals surface area contributed by atoms with Gasteiger partial charge in [0.05, 0.1) is 12.1 Å². The number of carbonyl (C=O) groups excluding carboxylic acids is 4. The standard InChI is InChI=1S/C32H26N2O4/c1-17-5-9-21(10-6-17)19(3)33-29(35)23-13-15-25-28-26(16-14-24(27(23)28)30(33)36)32(38)34(31(25)37)20(4)22-11-7-18(2)8-12-22/h5-16,19-20H,1-4H3. The Morgan fingerprint density at radius 2 is 0.711 bits per heavy atom. The SMILES string of the molecule is Cc1ccc(C(C)N2C(=O)c3ccc4c5c(ccc(c35)C2=O)C(=O)N(C(C)c2ccc(C)cc2)C4=O)cc1. The number of benzene rings is 4. The number of hydrogen-bond acceptors (Lipinski definition) is 4. The van der Waals surface area contributed by atoms with Crippen LogP contribution in [-0.4, -0.2) is 33.4 Å². The van der Waals surface area contributed by atoms with Crippen LogP contribution in [0, 0.1) is 13.8 Å². The van der Waals surface area contributed by atoms with Crippen LogP contribution in [0.5, 0.6) is 0 Å². The molecule has 2 aliphatic heterocycles. The molecule has 6 nitrogen and oxygen atoms in total. The normalized spacial score (nSPS) is 16.3. The molecule has 0 radical (unpaired) electrons. The van der Waals surface area contributed by atoms with Crippen molar-refractivity contribution in [1.29, 1.82) is 0 Å². The second-order valence-electron chi connectivity index (χ2n) is 10.2. The van der Waals surface area contributed by atoms with Crippen molar-refractivity contribution < 1.29 is 19.2 Å². The lowest BCUT2D eigenvalue weighted by atomic mass is 9.84. The monoisotopic (exact) mass is 502 g/mol. The molecule has 0 saturated carbocycles. The zero-order valence-electron chi connectivity index (χ0n) is 21.6. The Labute approximate surface area is 220 Å². The molecule has 0 bridgehead atoms. The van der Waals surface area contributed by atoms with Gasteiger partial charge in [0.25, 0.3) is 23.6 Å². The van der Waals surface area contributed by atoms with Crippen LogP contribution < -0.4 is 0 Å². The molecule has 2 unspecified atom stereocenters. The fourth-order valence-electron chi connectivity index (χ4n) is 5.60. The highest BCUT2D eigenvalue weighted by molar-refractivity contribution is 6.33. The molecule has 4 aromatic rings. The van der Waals surface area contributed by atoms with E-state index in [9.17, 15) is 19.2 Å². The topological polar surface area (TPSA) is 74.8 Å². The molecule has 2 atom stereocenters. The predicted molar refractivity (Wildman–Crippen MR) is 144 cm³/mol. The molecule has 4 aromatic carbocycles. The fourth-order valence-corrected chi connectivity index (χ4v) is 5.60. The molecule has 4 amide bonds. The highest BCUT2D eigenvalue weighted by Crippen LogP contribution is 2.41. The zero-order valence-corrected chi connectivity index (χ0v) is 21.6. The van der Waals surface area contributed by atoms with E-state index in [2.05, 4.69) is 0 Å². The third-order valence-corrected chi connectivity index (χ3v) is 7.85. The van der Waals surface area contributed by atoms with E-state index in [4.69, 9.17) is 0 Å². The summed E-state index contributed by atoms with van der Waals surface area (Å²) >= 11 is 0. The molecular formula is C32H26N2O4. The summed E-state index contributed by atoms with van der Waals surface area (Å²) in [5, 5.41) is 0.762. The number of aryl methyl sites for hydroxylation is 2. The lowest BCUT2D eigenvalue weighted by Gasteiger charge is -2.36. The van der Waals surface area contributed by atoms with Gasteiger partial charge in [0.1, 0.15) is 0 Å². The third kappa shape index (κ3) is 3.33. The first-order valence-electron chi connectivity index (χ1n) is 12.7. The molecule has 38 heavy (non-hydrogen) atoms. The Morgan fingerprint density at radius 3 is 0.974 bits per heavy atom. The van der Waals surface area contributed by atoms with Crippen LogP contribution in [0.25, 0.3) is 10.8 Å². The lowest BCUT2D eigenvalue weighted by Crippen LogP contribution is -2.44. The first-order valence-corrected chi connectivity index (χ1v) is 12.7. The van der Waals surface area contributed by atoms with Gasteiger partial charge < -0.3 is 0 Å². The van der Waals surface area contributed by atoms with Crippen molar-refractivity contribution in [2.24, 2.45) is 0 Å². The van der Waals surface area contributed by atoms with Gasteiger partial charge in [0.2, 0.25) is 0 Å². The van der Waals surface area contributed by atoms with Crippen LogP contribution >= 0.6 is 0 Å². The van der Waals surface area contributed by atoms with Crippen molar-refractivity contribution in [3.63, 3.8) is 0 Å². The number of carbonyl (C=O) groups is 4. The third-order valence-electron chi connectivity index (χ3n) is 7.85. The largest absolute Gasteiger partial charge is 0.269 e. The van der Waals surface area contributed by atoms with Crippen LogP contribution in [0.15, 0.2) is 72.8 Å². The minimum atomic E-state index is -0.486. The average Bonchev–Trinajstić information content (AvgIpc) is 2.91. The predicted octanol–water partition coefficient (Wildman–Crippen LogP) is 6.17. The smallest absolute Gasteiger partial charge is 0.261 e. The van der Waals surface area contributed by atoms with Gasteiger partial charge in [0.15, 0.2) is 0 Å². The first kappa shape index (κ1) is 23.8. The van der Waals surface area contributed by atoms with E-state index in [0.717, 1.165) is 22.3 Å². The van der Waals surface area contributed by atoms with E-state index >= 15 is 0 Å². The Bertz CT molecular complexity index is 1490. The summed E-state index contributed by atoms with van der Waals surface area (Å²) in [5.41, 5.74) is 5.14. The quantitative estimate of drug-likeness (QED) is 0.313. The summed E-state index contributed by atoms with van der Waals surface area (Å²) < 4.78 is 0. The lowest BCUT2D eigenvalue weighted by molar-refractivity contribution is 0.0527. The molecule has 2 heterocycles. The number of nitrogens with zero attached hydrogens (tertiary/aromatic N) is 2. The van der Waals surface area contributed by atoms with Crippen LogP contribution in [0.2, 0.25) is 0 Å². The molecule has 6 heteroatoms. The van der Waals surface area contributed by atoms with E-state index in [1.807, 2.05) is 76.2 Å². The van der Waals surface area contributed by atoms with Gasteiger partial charge in [-0.2, -0.15) is 0 Å². The van der Waals surface area contributed by atoms with Crippen LogP contribution in [0.4, 0.5) is 0 Å². The van der Waals surface area contributed by atoms with Crippen molar-refractivity contribution in [2.75, 3.05) is 0 Å². The molecule has 188 valence electrons. The number of hydrogen-bond donors (Lipinski definition) is 0. The second-order valence-corrected chi connectivity index (χ2v) is 10.2. The summed E-state index contributed by atoms with van der Waals surface area (Å²) in [5.74, 6) is -1.74. The minimum absolute atomic E-state index is 0.319. The molecule has 0 fully saturated rings. The van der Waals surface area contributed by atoms with E-state index in [1.54, 1.807) is 24.3 Å². The van der Waals surface area contributed by atoms with Crippen LogP contribution in [0.3, 0.4) is 0 Å². The van der Waals surface area contributed by atoms with Gasteiger partial charge in [-0.3, -0.25) is 29.0 Å². The van der Waals surface area contributed by atoms with E-state index < -0.39 is 35.7 Å². The average molecular weight is 503 g/mol. The summed E-state index contributed by atoms with van der Waals surface area (Å²) in [6.07, 6.45) is 0. The Hall–Kier alpha value is -4.58. The Balaban J connectivity index is 1.46. The molecular weight excluding hydrogens is 476 g/mol. The molecule has 0 aliphatic carbocycles. The number of rotatable bonds is 4. The maximum absolute atomic E-state index is 13.7. The van der Waals surface area contributed by atoms with Crippen molar-refractivity contribution in [2.45, 2.75) is 39.8 Å². The van der Waals surface area contributed by atoms with Crippen LogP contribution in [0.1, 0.15) is 89.6 Å². The zero-order chi connectivity index (χ0) is 26.9. The van der Waals surface area contributed by atoms with E-state index in [-0.39, 0.29) is 0 Å². The van der Waals surface area contributed by atoms with Gasteiger partial charge in [-0.25, -0.2) is 0 Å². The summed E-state index contributed by atoms with van der Waals surface area (Å²) in [6, 6.07) is 20.9. The number of imide groups is 2. The number of amides is 4. The van der Waals surface area contributed by atoms with Crippen molar-refractivity contribution in [1.82, 2.24) is 9.80 Å². The summed E-state index contributed by atoms with van der Waals surface area (Å²) in [7, 11) is 0.